The van der Waals surface area contributed by atoms with E-state index in [9.17, 15) is 9.90 Å². The molecule has 2 N–H and O–H groups in total. The van der Waals surface area contributed by atoms with Crippen LogP contribution in [0.15, 0.2) is 17.2 Å². The second-order valence-electron chi connectivity index (χ2n) is 6.61. The van der Waals surface area contributed by atoms with Gasteiger partial charge in [0.15, 0.2) is 5.82 Å². The molecule has 0 spiro atoms. The van der Waals surface area contributed by atoms with Crippen molar-refractivity contribution in [1.82, 2.24) is 9.55 Å². The van der Waals surface area contributed by atoms with Gasteiger partial charge in [-0.05, 0) is 33.6 Å². The second kappa shape index (κ2) is 5.95. The van der Waals surface area contributed by atoms with Crippen molar-refractivity contribution >= 4 is 5.82 Å². The number of rotatable bonds is 3. The van der Waals surface area contributed by atoms with Gasteiger partial charge in [-0.2, -0.15) is 0 Å². The van der Waals surface area contributed by atoms with Crippen molar-refractivity contribution in [3.63, 3.8) is 0 Å². The smallest absolute Gasteiger partial charge is 0.293 e. The first-order valence-electron chi connectivity index (χ1n) is 7.39. The lowest BCUT2D eigenvalue weighted by Crippen LogP contribution is -2.37. The molecule has 0 radical (unpaired) electrons. The quantitative estimate of drug-likeness (QED) is 0.887. The summed E-state index contributed by atoms with van der Waals surface area (Å²) in [6, 6.07) is 0. The van der Waals surface area contributed by atoms with Crippen molar-refractivity contribution in [3.8, 4) is 0 Å². The van der Waals surface area contributed by atoms with E-state index in [1.165, 1.54) is 0 Å². The van der Waals surface area contributed by atoms with Crippen LogP contribution in [-0.2, 0) is 5.54 Å². The molecule has 5 nitrogen and oxygen atoms in total. The molecule has 0 bridgehead atoms. The molecule has 1 aromatic heterocycles. The van der Waals surface area contributed by atoms with E-state index in [0.717, 1.165) is 25.7 Å². The first-order valence-corrected chi connectivity index (χ1v) is 7.39. The highest BCUT2D eigenvalue weighted by atomic mass is 16.3. The standard InChI is InChI=1S/C15H25N3O2/c1-15(2,3)18-9-8-16-13(14(18)20)17-10-11-6-4-5-7-12(11)19/h8-9,11-12,19H,4-7,10H2,1-3H3,(H,16,17). The Morgan fingerprint density at radius 1 is 1.40 bits per heavy atom. The molecule has 1 saturated carbocycles. The van der Waals surface area contributed by atoms with Gasteiger partial charge in [0.25, 0.3) is 5.56 Å². The largest absolute Gasteiger partial charge is 0.393 e. The lowest BCUT2D eigenvalue weighted by Gasteiger charge is -2.28. The van der Waals surface area contributed by atoms with Crippen LogP contribution >= 0.6 is 0 Å². The Kier molecular flexibility index (Phi) is 4.48. The molecule has 1 aromatic rings. The van der Waals surface area contributed by atoms with Crippen LogP contribution in [0.1, 0.15) is 46.5 Å². The van der Waals surface area contributed by atoms with E-state index in [4.69, 9.17) is 0 Å². The van der Waals surface area contributed by atoms with E-state index in [-0.39, 0.29) is 23.1 Å². The summed E-state index contributed by atoms with van der Waals surface area (Å²) in [4.78, 5) is 16.5. The van der Waals surface area contributed by atoms with Crippen molar-refractivity contribution in [2.24, 2.45) is 5.92 Å². The molecule has 0 aromatic carbocycles. The highest BCUT2D eigenvalue weighted by molar-refractivity contribution is 5.31. The van der Waals surface area contributed by atoms with Crippen molar-refractivity contribution in [1.29, 1.82) is 0 Å². The van der Waals surface area contributed by atoms with Crippen molar-refractivity contribution < 1.29 is 5.11 Å². The van der Waals surface area contributed by atoms with Gasteiger partial charge in [-0.3, -0.25) is 4.79 Å². The number of aliphatic hydroxyl groups excluding tert-OH is 1. The summed E-state index contributed by atoms with van der Waals surface area (Å²) < 4.78 is 1.68. The third-order valence-electron chi connectivity index (χ3n) is 3.96. The molecule has 0 saturated heterocycles. The number of aliphatic hydroxyl groups is 1. The van der Waals surface area contributed by atoms with Gasteiger partial charge < -0.3 is 15.0 Å². The fourth-order valence-corrected chi connectivity index (χ4v) is 2.72. The third kappa shape index (κ3) is 3.39. The maximum Gasteiger partial charge on any atom is 0.293 e. The van der Waals surface area contributed by atoms with Gasteiger partial charge in [-0.25, -0.2) is 4.98 Å². The third-order valence-corrected chi connectivity index (χ3v) is 3.96. The Hall–Kier alpha value is -1.36. The van der Waals surface area contributed by atoms with Crippen LogP contribution in [0.25, 0.3) is 0 Å². The SMILES string of the molecule is CC(C)(C)n1ccnc(NCC2CCCCC2O)c1=O. The summed E-state index contributed by atoms with van der Waals surface area (Å²) in [5, 5.41) is 13.1. The minimum absolute atomic E-state index is 0.106. The summed E-state index contributed by atoms with van der Waals surface area (Å²) in [6.07, 6.45) is 7.21. The van der Waals surface area contributed by atoms with Crippen LogP contribution in [0.2, 0.25) is 0 Å². The lowest BCUT2D eigenvalue weighted by atomic mass is 9.86. The number of anilines is 1. The predicted octanol–water partition coefficient (Wildman–Crippen LogP) is 1.96. The van der Waals surface area contributed by atoms with Crippen molar-refractivity contribution in [3.05, 3.63) is 22.7 Å². The van der Waals surface area contributed by atoms with Gasteiger partial charge in [-0.1, -0.05) is 12.8 Å². The number of hydrogen-bond donors (Lipinski definition) is 2. The molecule has 1 heterocycles. The van der Waals surface area contributed by atoms with E-state index in [1.54, 1.807) is 17.0 Å². The van der Waals surface area contributed by atoms with Crippen molar-refractivity contribution in [2.45, 2.75) is 58.1 Å². The summed E-state index contributed by atoms with van der Waals surface area (Å²) in [5.41, 5.74) is -0.369. The number of aromatic nitrogens is 2. The summed E-state index contributed by atoms with van der Waals surface area (Å²) in [6.45, 7) is 6.58. The summed E-state index contributed by atoms with van der Waals surface area (Å²) >= 11 is 0. The van der Waals surface area contributed by atoms with E-state index >= 15 is 0 Å². The van der Waals surface area contributed by atoms with Crippen LogP contribution in [0.3, 0.4) is 0 Å². The number of nitrogens with one attached hydrogen (secondary N) is 1. The van der Waals surface area contributed by atoms with E-state index < -0.39 is 0 Å². The number of hydrogen-bond acceptors (Lipinski definition) is 4. The molecule has 1 aliphatic rings. The maximum absolute atomic E-state index is 12.3. The van der Waals surface area contributed by atoms with Crippen LogP contribution in [0.4, 0.5) is 5.82 Å². The van der Waals surface area contributed by atoms with Crippen LogP contribution in [0, 0.1) is 5.92 Å². The Labute approximate surface area is 120 Å². The predicted molar refractivity (Wildman–Crippen MR) is 79.9 cm³/mol. The minimum Gasteiger partial charge on any atom is -0.393 e. The normalized spacial score (nSPS) is 23.6. The molecule has 2 unspecified atom stereocenters. The summed E-state index contributed by atoms with van der Waals surface area (Å²) in [5.74, 6) is 0.591. The topological polar surface area (TPSA) is 67.2 Å². The molecular weight excluding hydrogens is 254 g/mol. The van der Waals surface area contributed by atoms with Crippen molar-refractivity contribution in [2.75, 3.05) is 11.9 Å². The van der Waals surface area contributed by atoms with Crippen LogP contribution in [0.5, 0.6) is 0 Å². The minimum atomic E-state index is -0.263. The first-order chi connectivity index (χ1) is 9.39. The van der Waals surface area contributed by atoms with Crippen LogP contribution < -0.4 is 10.9 Å². The highest BCUT2D eigenvalue weighted by Crippen LogP contribution is 2.24. The van der Waals surface area contributed by atoms with Gasteiger partial charge in [0, 0.05) is 30.4 Å². The molecule has 112 valence electrons. The average Bonchev–Trinajstić information content (AvgIpc) is 2.38. The molecule has 1 aliphatic carbocycles. The maximum atomic E-state index is 12.3. The highest BCUT2D eigenvalue weighted by Gasteiger charge is 2.23. The Bertz CT molecular complexity index is 505. The van der Waals surface area contributed by atoms with Gasteiger partial charge in [0.1, 0.15) is 0 Å². The zero-order valence-corrected chi connectivity index (χ0v) is 12.6. The zero-order valence-electron chi connectivity index (χ0n) is 12.6. The van der Waals surface area contributed by atoms with Gasteiger partial charge in [0.05, 0.1) is 6.10 Å². The van der Waals surface area contributed by atoms with Crippen LogP contribution in [-0.4, -0.2) is 27.3 Å². The molecule has 1 fully saturated rings. The molecule has 20 heavy (non-hydrogen) atoms. The summed E-state index contributed by atoms with van der Waals surface area (Å²) in [7, 11) is 0. The molecular formula is C15H25N3O2. The molecule has 0 amide bonds. The van der Waals surface area contributed by atoms with E-state index in [1.807, 2.05) is 20.8 Å². The Morgan fingerprint density at radius 3 is 2.75 bits per heavy atom. The molecule has 2 atom stereocenters. The van der Waals surface area contributed by atoms with E-state index in [0.29, 0.717) is 12.4 Å². The monoisotopic (exact) mass is 279 g/mol. The fourth-order valence-electron chi connectivity index (χ4n) is 2.72. The van der Waals surface area contributed by atoms with Gasteiger partial charge in [-0.15, -0.1) is 0 Å². The Morgan fingerprint density at radius 2 is 2.10 bits per heavy atom. The molecule has 2 rings (SSSR count). The average molecular weight is 279 g/mol. The number of nitrogens with zero attached hydrogens (tertiary/aromatic N) is 2. The first kappa shape index (κ1) is 15.0. The molecule has 0 aliphatic heterocycles. The fraction of sp³-hybridized carbons (Fsp3) is 0.733. The lowest BCUT2D eigenvalue weighted by molar-refractivity contribution is 0.0762. The Balaban J connectivity index is 2.08. The second-order valence-corrected chi connectivity index (χ2v) is 6.61. The zero-order chi connectivity index (χ0) is 14.8. The van der Waals surface area contributed by atoms with Gasteiger partial charge in [0.2, 0.25) is 0 Å². The molecule has 5 heteroatoms. The van der Waals surface area contributed by atoms with Gasteiger partial charge >= 0.3 is 0 Å². The van der Waals surface area contributed by atoms with E-state index in [2.05, 4.69) is 10.3 Å².